The molecule has 5 N–H and O–H groups in total. The van der Waals surface area contributed by atoms with Gasteiger partial charge in [0.15, 0.2) is 0 Å². The van der Waals surface area contributed by atoms with E-state index in [1.54, 1.807) is 6.92 Å². The Bertz CT molecular complexity index is 690. The van der Waals surface area contributed by atoms with Crippen LogP contribution in [0.25, 0.3) is 0 Å². The van der Waals surface area contributed by atoms with Crippen molar-refractivity contribution in [2.45, 2.75) is 90.2 Å². The maximum absolute atomic E-state index is 12.9. The van der Waals surface area contributed by atoms with Gasteiger partial charge in [0, 0.05) is 24.9 Å². The molecule has 2 aliphatic carbocycles. The number of carboxylic acid groups (broad SMARTS) is 2. The lowest BCUT2D eigenvalue weighted by atomic mass is 9.78. The molecule has 2 aliphatic rings. The number of hydrogen-bond donors (Lipinski definition) is 5. The molecular weight excluding hydrogens is 428 g/mol. The largest absolute Gasteiger partial charge is 0.481 e. The lowest BCUT2D eigenvalue weighted by Gasteiger charge is -2.35. The van der Waals surface area contributed by atoms with Crippen molar-refractivity contribution < 1.29 is 34.5 Å². The van der Waals surface area contributed by atoms with Crippen LogP contribution in [-0.2, 0) is 19.2 Å². The zero-order valence-corrected chi connectivity index (χ0v) is 19.8. The predicted octanol–water partition coefficient (Wildman–Crippen LogP) is 2.17. The van der Waals surface area contributed by atoms with Crippen molar-refractivity contribution in [3.63, 3.8) is 0 Å². The quantitative estimate of drug-likeness (QED) is 0.311. The molecular formula is C24H40N2O7. The number of aliphatic hydroxyl groups excluding tert-OH is 1. The van der Waals surface area contributed by atoms with Crippen molar-refractivity contribution in [3.05, 3.63) is 0 Å². The second-order valence-corrected chi connectivity index (χ2v) is 10.0. The fourth-order valence-corrected chi connectivity index (χ4v) is 5.15. The summed E-state index contributed by atoms with van der Waals surface area (Å²) in [6.07, 6.45) is 5.07. The van der Waals surface area contributed by atoms with Gasteiger partial charge in [-0.25, -0.2) is 0 Å². The third-order valence-electron chi connectivity index (χ3n) is 7.40. The summed E-state index contributed by atoms with van der Waals surface area (Å²) in [5.41, 5.74) is 0. The minimum absolute atomic E-state index is 0.0105. The Labute approximate surface area is 195 Å². The SMILES string of the molecule is CCC(CC(C)C(=O)O)C(=O)NCC1CCC(O)C(C(=O)NC2CCC(CC(=O)O)CC2)C1. The molecule has 33 heavy (non-hydrogen) atoms. The van der Waals surface area contributed by atoms with Gasteiger partial charge in [0.25, 0.3) is 0 Å². The molecule has 9 nitrogen and oxygen atoms in total. The van der Waals surface area contributed by atoms with E-state index in [0.717, 1.165) is 25.7 Å². The number of carbonyl (C=O) groups is 4. The summed E-state index contributed by atoms with van der Waals surface area (Å²) in [5.74, 6) is -3.25. The number of aliphatic hydroxyl groups is 1. The Morgan fingerprint density at radius 2 is 1.61 bits per heavy atom. The fourth-order valence-electron chi connectivity index (χ4n) is 5.15. The number of carbonyl (C=O) groups excluding carboxylic acids is 2. The van der Waals surface area contributed by atoms with Gasteiger partial charge in [-0.05, 0) is 69.6 Å². The van der Waals surface area contributed by atoms with Crippen molar-refractivity contribution in [1.29, 1.82) is 0 Å². The molecule has 0 aromatic heterocycles. The molecule has 0 aliphatic heterocycles. The van der Waals surface area contributed by atoms with Crippen LogP contribution in [0.5, 0.6) is 0 Å². The Morgan fingerprint density at radius 3 is 2.18 bits per heavy atom. The number of amides is 2. The fraction of sp³-hybridized carbons (Fsp3) is 0.833. The molecule has 9 heteroatoms. The highest BCUT2D eigenvalue weighted by molar-refractivity contribution is 5.80. The van der Waals surface area contributed by atoms with Gasteiger partial charge in [0.05, 0.1) is 17.9 Å². The van der Waals surface area contributed by atoms with E-state index in [0.29, 0.717) is 38.6 Å². The van der Waals surface area contributed by atoms with E-state index in [-0.39, 0.29) is 42.0 Å². The van der Waals surface area contributed by atoms with E-state index in [2.05, 4.69) is 10.6 Å². The third kappa shape index (κ3) is 8.61. The first-order chi connectivity index (χ1) is 15.6. The Kier molecular flexibility index (Phi) is 10.6. The number of hydrogen-bond acceptors (Lipinski definition) is 5. The van der Waals surface area contributed by atoms with Crippen molar-refractivity contribution in [2.75, 3.05) is 6.54 Å². The van der Waals surface area contributed by atoms with E-state index < -0.39 is 29.9 Å². The molecule has 0 radical (unpaired) electrons. The van der Waals surface area contributed by atoms with Crippen LogP contribution < -0.4 is 10.6 Å². The second kappa shape index (κ2) is 12.9. The van der Waals surface area contributed by atoms with Crippen LogP contribution in [0.2, 0.25) is 0 Å². The third-order valence-corrected chi connectivity index (χ3v) is 7.40. The summed E-state index contributed by atoms with van der Waals surface area (Å²) in [7, 11) is 0. The first-order valence-corrected chi connectivity index (χ1v) is 12.3. The summed E-state index contributed by atoms with van der Waals surface area (Å²) in [6, 6.07) is 0.0105. The van der Waals surface area contributed by atoms with Crippen LogP contribution in [0.1, 0.15) is 78.1 Å². The molecule has 0 aromatic carbocycles. The van der Waals surface area contributed by atoms with E-state index >= 15 is 0 Å². The predicted molar refractivity (Wildman–Crippen MR) is 121 cm³/mol. The molecule has 5 atom stereocenters. The van der Waals surface area contributed by atoms with Crippen LogP contribution in [0.3, 0.4) is 0 Å². The summed E-state index contributed by atoms with van der Waals surface area (Å²) < 4.78 is 0. The summed E-state index contributed by atoms with van der Waals surface area (Å²) in [6.45, 7) is 3.88. The number of carboxylic acids is 2. The van der Waals surface area contributed by atoms with Gasteiger partial charge in [-0.2, -0.15) is 0 Å². The van der Waals surface area contributed by atoms with Gasteiger partial charge < -0.3 is 26.0 Å². The zero-order valence-electron chi connectivity index (χ0n) is 19.8. The van der Waals surface area contributed by atoms with Crippen molar-refractivity contribution in [2.24, 2.45) is 29.6 Å². The highest BCUT2D eigenvalue weighted by Crippen LogP contribution is 2.31. The van der Waals surface area contributed by atoms with Gasteiger partial charge in [0.1, 0.15) is 0 Å². The second-order valence-electron chi connectivity index (χ2n) is 10.0. The van der Waals surface area contributed by atoms with E-state index in [4.69, 9.17) is 10.2 Å². The van der Waals surface area contributed by atoms with Crippen LogP contribution in [0.4, 0.5) is 0 Å². The van der Waals surface area contributed by atoms with Gasteiger partial charge >= 0.3 is 11.9 Å². The molecule has 2 rings (SSSR count). The molecule has 0 aromatic rings. The van der Waals surface area contributed by atoms with Gasteiger partial charge in [-0.15, -0.1) is 0 Å². The van der Waals surface area contributed by atoms with Crippen molar-refractivity contribution in [1.82, 2.24) is 10.6 Å². The Hall–Kier alpha value is -2.16. The summed E-state index contributed by atoms with van der Waals surface area (Å²) in [5, 5.41) is 34.4. The normalized spacial score (nSPS) is 29.5. The number of nitrogens with one attached hydrogen (secondary N) is 2. The van der Waals surface area contributed by atoms with E-state index in [1.165, 1.54) is 0 Å². The van der Waals surface area contributed by atoms with E-state index in [9.17, 15) is 24.3 Å². The maximum Gasteiger partial charge on any atom is 0.306 e. The lowest BCUT2D eigenvalue weighted by molar-refractivity contribution is -0.142. The van der Waals surface area contributed by atoms with Gasteiger partial charge in [0.2, 0.25) is 11.8 Å². The highest BCUT2D eigenvalue weighted by atomic mass is 16.4. The minimum atomic E-state index is -0.910. The Morgan fingerprint density at radius 1 is 0.970 bits per heavy atom. The standard InChI is InChI=1S/C24H40N2O7/c1-3-17(10-14(2)24(32)33)22(30)25-13-16-6-9-20(27)19(11-16)23(31)26-18-7-4-15(5-8-18)12-21(28)29/h14-20,27H,3-13H2,1-2H3,(H,25,30)(H,26,31)(H,28,29)(H,32,33). The van der Waals surface area contributed by atoms with Crippen LogP contribution >= 0.6 is 0 Å². The van der Waals surface area contributed by atoms with Crippen molar-refractivity contribution >= 4 is 23.8 Å². The molecule has 2 fully saturated rings. The molecule has 2 amide bonds. The van der Waals surface area contributed by atoms with Gasteiger partial charge in [-0.3, -0.25) is 19.2 Å². The zero-order chi connectivity index (χ0) is 24.5. The van der Waals surface area contributed by atoms with Crippen LogP contribution in [-0.4, -0.2) is 57.8 Å². The molecule has 0 heterocycles. The van der Waals surface area contributed by atoms with Crippen LogP contribution in [0.15, 0.2) is 0 Å². The minimum Gasteiger partial charge on any atom is -0.481 e. The highest BCUT2D eigenvalue weighted by Gasteiger charge is 2.36. The summed E-state index contributed by atoms with van der Waals surface area (Å²) >= 11 is 0. The van der Waals surface area contributed by atoms with E-state index in [1.807, 2.05) is 6.92 Å². The molecule has 2 saturated carbocycles. The van der Waals surface area contributed by atoms with Crippen LogP contribution in [0, 0.1) is 29.6 Å². The molecule has 0 spiro atoms. The summed E-state index contributed by atoms with van der Waals surface area (Å²) in [4.78, 5) is 47.4. The first kappa shape index (κ1) is 27.1. The Balaban J connectivity index is 1.80. The topological polar surface area (TPSA) is 153 Å². The van der Waals surface area contributed by atoms with Gasteiger partial charge in [-0.1, -0.05) is 13.8 Å². The molecule has 188 valence electrons. The first-order valence-electron chi connectivity index (χ1n) is 12.3. The van der Waals surface area contributed by atoms with Crippen molar-refractivity contribution in [3.8, 4) is 0 Å². The molecule has 0 bridgehead atoms. The average Bonchev–Trinajstić information content (AvgIpc) is 2.77. The number of rotatable bonds is 11. The smallest absolute Gasteiger partial charge is 0.306 e. The number of aliphatic carboxylic acids is 2. The average molecular weight is 469 g/mol. The molecule has 0 saturated heterocycles. The monoisotopic (exact) mass is 468 g/mol. The maximum atomic E-state index is 12.9. The molecule has 5 unspecified atom stereocenters. The lowest BCUT2D eigenvalue weighted by Crippen LogP contribution is -2.47.